The number of carbonyl (C=O) groups is 1. The summed E-state index contributed by atoms with van der Waals surface area (Å²) in [6.07, 6.45) is 7.58. The number of methoxy groups -OCH3 is 1. The van der Waals surface area contributed by atoms with Crippen molar-refractivity contribution in [2.24, 2.45) is 11.3 Å². The van der Waals surface area contributed by atoms with Gasteiger partial charge in [-0.05, 0) is 38.0 Å². The van der Waals surface area contributed by atoms with E-state index >= 15 is 0 Å². The Morgan fingerprint density at radius 2 is 2.00 bits per heavy atom. The van der Waals surface area contributed by atoms with Crippen LogP contribution < -0.4 is 0 Å². The normalized spacial score (nSPS) is 36.1. The predicted molar refractivity (Wildman–Crippen MR) is 65.5 cm³/mol. The zero-order chi connectivity index (χ0) is 12.5. The van der Waals surface area contributed by atoms with Crippen molar-refractivity contribution >= 4 is 5.97 Å². The average Bonchev–Trinajstić information content (AvgIpc) is 3.13. The standard InChI is InChI=1S/C14H24O3/c1-3-11-5-4-7-14(16,8-6-11)13(9-10-13)12(15)17-2/h11,16H,3-10H2,1-2H3. The molecule has 0 aliphatic heterocycles. The van der Waals surface area contributed by atoms with Crippen LogP contribution in [-0.2, 0) is 9.53 Å². The number of hydrogen-bond acceptors (Lipinski definition) is 3. The van der Waals surface area contributed by atoms with Crippen LogP contribution in [0, 0.1) is 11.3 Å². The number of carbonyl (C=O) groups excluding carboxylic acids is 1. The molecule has 0 heterocycles. The molecular weight excluding hydrogens is 216 g/mol. The molecule has 98 valence electrons. The Kier molecular flexibility index (Phi) is 3.48. The minimum absolute atomic E-state index is 0.199. The smallest absolute Gasteiger partial charge is 0.314 e. The third-order valence-corrected chi connectivity index (χ3v) is 4.96. The van der Waals surface area contributed by atoms with Gasteiger partial charge in [0.1, 0.15) is 0 Å². The van der Waals surface area contributed by atoms with Gasteiger partial charge in [-0.3, -0.25) is 4.79 Å². The van der Waals surface area contributed by atoms with Crippen molar-refractivity contribution in [3.05, 3.63) is 0 Å². The SMILES string of the molecule is CCC1CCCC(O)(C2(C(=O)OC)CC2)CC1. The molecule has 0 saturated heterocycles. The number of esters is 1. The summed E-state index contributed by atoms with van der Waals surface area (Å²) in [6.45, 7) is 2.21. The van der Waals surface area contributed by atoms with E-state index in [9.17, 15) is 9.90 Å². The van der Waals surface area contributed by atoms with E-state index in [-0.39, 0.29) is 5.97 Å². The van der Waals surface area contributed by atoms with Crippen molar-refractivity contribution in [3.8, 4) is 0 Å². The minimum atomic E-state index is -0.802. The lowest BCUT2D eigenvalue weighted by Crippen LogP contribution is -2.44. The molecule has 0 radical (unpaired) electrons. The van der Waals surface area contributed by atoms with Gasteiger partial charge in [0.05, 0.1) is 18.1 Å². The molecule has 2 aliphatic carbocycles. The second-order valence-electron chi connectivity index (χ2n) is 5.81. The first kappa shape index (κ1) is 12.9. The topological polar surface area (TPSA) is 46.5 Å². The molecule has 0 aromatic carbocycles. The van der Waals surface area contributed by atoms with Gasteiger partial charge < -0.3 is 9.84 Å². The maximum absolute atomic E-state index is 11.9. The van der Waals surface area contributed by atoms with Gasteiger partial charge in [0.2, 0.25) is 0 Å². The Hall–Kier alpha value is -0.570. The number of ether oxygens (including phenoxy) is 1. The van der Waals surface area contributed by atoms with Gasteiger partial charge in [0.15, 0.2) is 0 Å². The molecular formula is C14H24O3. The monoisotopic (exact) mass is 240 g/mol. The van der Waals surface area contributed by atoms with E-state index in [4.69, 9.17) is 4.74 Å². The zero-order valence-corrected chi connectivity index (χ0v) is 11.0. The van der Waals surface area contributed by atoms with E-state index in [1.807, 2.05) is 0 Å². The second kappa shape index (κ2) is 4.60. The summed E-state index contributed by atoms with van der Waals surface area (Å²) in [6, 6.07) is 0. The molecule has 3 heteroatoms. The highest BCUT2D eigenvalue weighted by Gasteiger charge is 2.64. The highest BCUT2D eigenvalue weighted by atomic mass is 16.5. The highest BCUT2D eigenvalue weighted by molar-refractivity contribution is 5.81. The van der Waals surface area contributed by atoms with E-state index < -0.39 is 11.0 Å². The first-order valence-electron chi connectivity index (χ1n) is 6.89. The van der Waals surface area contributed by atoms with Gasteiger partial charge in [-0.25, -0.2) is 0 Å². The van der Waals surface area contributed by atoms with Crippen LogP contribution in [0.25, 0.3) is 0 Å². The van der Waals surface area contributed by atoms with Crippen LogP contribution in [0.1, 0.15) is 58.3 Å². The lowest BCUT2D eigenvalue weighted by molar-refractivity contribution is -0.161. The molecule has 0 aromatic heterocycles. The van der Waals surface area contributed by atoms with Crippen LogP contribution >= 0.6 is 0 Å². The van der Waals surface area contributed by atoms with Crippen LogP contribution in [0.2, 0.25) is 0 Å². The summed E-state index contributed by atoms with van der Waals surface area (Å²) in [5, 5.41) is 10.9. The molecule has 2 unspecified atom stereocenters. The molecule has 3 nitrogen and oxygen atoms in total. The predicted octanol–water partition coefficient (Wildman–Crippen LogP) is 2.66. The van der Waals surface area contributed by atoms with Crippen LogP contribution in [0.4, 0.5) is 0 Å². The number of rotatable bonds is 3. The fourth-order valence-electron chi connectivity index (χ4n) is 3.46. The summed E-state index contributed by atoms with van der Waals surface area (Å²) in [5.74, 6) is 0.521. The van der Waals surface area contributed by atoms with Gasteiger partial charge in [-0.15, -0.1) is 0 Å². The van der Waals surface area contributed by atoms with Gasteiger partial charge in [0.25, 0.3) is 0 Å². The van der Waals surface area contributed by atoms with Crippen LogP contribution in [0.5, 0.6) is 0 Å². The summed E-state index contributed by atoms with van der Waals surface area (Å²) in [7, 11) is 1.43. The molecule has 2 aliphatic rings. The van der Waals surface area contributed by atoms with E-state index in [0.717, 1.165) is 44.4 Å². The number of hydrogen-bond donors (Lipinski definition) is 1. The molecule has 2 atom stereocenters. The third kappa shape index (κ3) is 2.10. The fraction of sp³-hybridized carbons (Fsp3) is 0.929. The fourth-order valence-corrected chi connectivity index (χ4v) is 3.46. The lowest BCUT2D eigenvalue weighted by atomic mass is 9.78. The van der Waals surface area contributed by atoms with Crippen molar-refractivity contribution in [3.63, 3.8) is 0 Å². The molecule has 0 spiro atoms. The van der Waals surface area contributed by atoms with Crippen molar-refractivity contribution in [2.45, 2.75) is 63.9 Å². The highest BCUT2D eigenvalue weighted by Crippen LogP contribution is 2.59. The molecule has 2 fully saturated rings. The van der Waals surface area contributed by atoms with Crippen molar-refractivity contribution in [1.29, 1.82) is 0 Å². The van der Waals surface area contributed by atoms with Gasteiger partial charge in [-0.2, -0.15) is 0 Å². The Morgan fingerprint density at radius 1 is 1.29 bits per heavy atom. The van der Waals surface area contributed by atoms with Crippen molar-refractivity contribution in [2.75, 3.05) is 7.11 Å². The Morgan fingerprint density at radius 3 is 2.53 bits per heavy atom. The van der Waals surface area contributed by atoms with E-state index in [1.54, 1.807) is 0 Å². The average molecular weight is 240 g/mol. The summed E-state index contributed by atoms with van der Waals surface area (Å²) < 4.78 is 4.89. The van der Waals surface area contributed by atoms with Crippen molar-refractivity contribution < 1.29 is 14.6 Å². The van der Waals surface area contributed by atoms with Gasteiger partial charge in [-0.1, -0.05) is 26.2 Å². The Bertz CT molecular complexity index is 296. The first-order valence-corrected chi connectivity index (χ1v) is 6.89. The molecule has 0 amide bonds. The maximum Gasteiger partial charge on any atom is 0.314 e. The molecule has 1 N–H and O–H groups in total. The molecule has 0 bridgehead atoms. The third-order valence-electron chi connectivity index (χ3n) is 4.96. The minimum Gasteiger partial charge on any atom is -0.469 e. The maximum atomic E-state index is 11.9. The van der Waals surface area contributed by atoms with E-state index in [2.05, 4.69) is 6.92 Å². The quantitative estimate of drug-likeness (QED) is 0.609. The molecule has 2 rings (SSSR count). The second-order valence-corrected chi connectivity index (χ2v) is 5.81. The van der Waals surface area contributed by atoms with Gasteiger partial charge >= 0.3 is 5.97 Å². The molecule has 2 saturated carbocycles. The number of aliphatic hydroxyl groups is 1. The van der Waals surface area contributed by atoms with Gasteiger partial charge in [0, 0.05) is 0 Å². The summed E-state index contributed by atoms with van der Waals surface area (Å²) in [4.78, 5) is 11.9. The molecule has 0 aromatic rings. The van der Waals surface area contributed by atoms with Crippen LogP contribution in [-0.4, -0.2) is 23.8 Å². The van der Waals surface area contributed by atoms with E-state index in [0.29, 0.717) is 0 Å². The van der Waals surface area contributed by atoms with E-state index in [1.165, 1.54) is 20.0 Å². The van der Waals surface area contributed by atoms with Crippen molar-refractivity contribution in [1.82, 2.24) is 0 Å². The summed E-state index contributed by atoms with van der Waals surface area (Å²) in [5.41, 5.74) is -1.37. The Labute approximate surface area is 104 Å². The Balaban J connectivity index is 2.11. The summed E-state index contributed by atoms with van der Waals surface area (Å²) >= 11 is 0. The van der Waals surface area contributed by atoms with Crippen LogP contribution in [0.3, 0.4) is 0 Å². The molecule has 17 heavy (non-hydrogen) atoms. The largest absolute Gasteiger partial charge is 0.469 e. The lowest BCUT2D eigenvalue weighted by Gasteiger charge is -2.34. The first-order chi connectivity index (χ1) is 8.08. The van der Waals surface area contributed by atoms with Crippen LogP contribution in [0.15, 0.2) is 0 Å². The zero-order valence-electron chi connectivity index (χ0n) is 11.0.